The van der Waals surface area contributed by atoms with E-state index in [4.69, 9.17) is 11.6 Å². The Morgan fingerprint density at radius 2 is 2.33 bits per heavy atom. The predicted octanol–water partition coefficient (Wildman–Crippen LogP) is 1.60. The van der Waals surface area contributed by atoms with Gasteiger partial charge in [-0.1, -0.05) is 0 Å². The number of rotatable bonds is 4. The van der Waals surface area contributed by atoms with Gasteiger partial charge in [0.1, 0.15) is 0 Å². The molecule has 0 amide bonds. The summed E-state index contributed by atoms with van der Waals surface area (Å²) < 4.78 is 3.87. The van der Waals surface area contributed by atoms with Crippen molar-refractivity contribution in [3.63, 3.8) is 0 Å². The summed E-state index contributed by atoms with van der Waals surface area (Å²) in [4.78, 5) is 4.06. The summed E-state index contributed by atoms with van der Waals surface area (Å²) in [6.07, 6.45) is 6.46. The molecule has 2 aromatic heterocycles. The fourth-order valence-corrected chi connectivity index (χ4v) is 1.71. The second-order valence-electron chi connectivity index (χ2n) is 3.44. The number of imidazole rings is 1. The molecule has 0 fully saturated rings. The van der Waals surface area contributed by atoms with Crippen molar-refractivity contribution in [1.29, 1.82) is 0 Å². The van der Waals surface area contributed by atoms with Crippen LogP contribution in [0.25, 0.3) is 0 Å². The molecule has 0 atom stereocenters. The summed E-state index contributed by atoms with van der Waals surface area (Å²) in [6.45, 7) is 0.874. The summed E-state index contributed by atoms with van der Waals surface area (Å²) >= 11 is 5.78. The molecular formula is C10H13ClN4. The molecule has 0 saturated carbocycles. The lowest BCUT2D eigenvalue weighted by Gasteiger charge is -2.03. The number of aromatic nitrogens is 4. The zero-order chi connectivity index (χ0) is 10.7. The third-order valence-electron chi connectivity index (χ3n) is 2.31. The van der Waals surface area contributed by atoms with E-state index in [9.17, 15) is 0 Å². The Balaban J connectivity index is 1.98. The van der Waals surface area contributed by atoms with Crippen molar-refractivity contribution >= 4 is 11.6 Å². The summed E-state index contributed by atoms with van der Waals surface area (Å²) in [5, 5.41) is 4.32. The molecule has 0 aliphatic rings. The lowest BCUT2D eigenvalue weighted by Crippen LogP contribution is -2.04. The SMILES string of the molecule is Cn1ccc(CCn2cncc2CCl)n1. The first-order valence-corrected chi connectivity index (χ1v) is 5.36. The Kier molecular flexibility index (Phi) is 3.06. The van der Waals surface area contributed by atoms with Gasteiger partial charge in [-0.25, -0.2) is 4.98 Å². The Morgan fingerprint density at radius 1 is 1.47 bits per heavy atom. The van der Waals surface area contributed by atoms with Gasteiger partial charge in [0.15, 0.2) is 0 Å². The number of nitrogens with zero attached hydrogens (tertiary/aromatic N) is 4. The van der Waals surface area contributed by atoms with Crippen LogP contribution in [0.5, 0.6) is 0 Å². The molecular weight excluding hydrogens is 212 g/mol. The maximum atomic E-state index is 5.78. The third-order valence-corrected chi connectivity index (χ3v) is 2.59. The highest BCUT2D eigenvalue weighted by Crippen LogP contribution is 2.05. The van der Waals surface area contributed by atoms with Crippen molar-refractivity contribution in [3.8, 4) is 0 Å². The van der Waals surface area contributed by atoms with Crippen LogP contribution in [0.4, 0.5) is 0 Å². The van der Waals surface area contributed by atoms with E-state index in [0.717, 1.165) is 24.4 Å². The molecule has 2 heterocycles. The van der Waals surface area contributed by atoms with E-state index in [1.165, 1.54) is 0 Å². The molecule has 80 valence electrons. The molecule has 0 unspecified atom stereocenters. The molecule has 5 heteroatoms. The highest BCUT2D eigenvalue weighted by molar-refractivity contribution is 6.16. The molecule has 0 aliphatic carbocycles. The van der Waals surface area contributed by atoms with Crippen LogP contribution < -0.4 is 0 Å². The maximum Gasteiger partial charge on any atom is 0.0948 e. The van der Waals surface area contributed by atoms with Crippen LogP contribution in [0.15, 0.2) is 24.8 Å². The molecule has 4 nitrogen and oxygen atoms in total. The van der Waals surface area contributed by atoms with E-state index < -0.39 is 0 Å². The Morgan fingerprint density at radius 3 is 3.00 bits per heavy atom. The van der Waals surface area contributed by atoms with Crippen molar-refractivity contribution in [1.82, 2.24) is 19.3 Å². The van der Waals surface area contributed by atoms with E-state index in [0.29, 0.717) is 5.88 Å². The standard InChI is InChI=1S/C10H13ClN4/c1-14-4-2-9(13-14)3-5-15-8-12-7-10(15)6-11/h2,4,7-8H,3,5-6H2,1H3. The number of hydrogen-bond acceptors (Lipinski definition) is 2. The van der Waals surface area contributed by atoms with Crippen LogP contribution in [0.3, 0.4) is 0 Å². The number of alkyl halides is 1. The maximum absolute atomic E-state index is 5.78. The van der Waals surface area contributed by atoms with E-state index in [2.05, 4.69) is 14.6 Å². The monoisotopic (exact) mass is 224 g/mol. The van der Waals surface area contributed by atoms with E-state index in [-0.39, 0.29) is 0 Å². The largest absolute Gasteiger partial charge is 0.333 e. The molecule has 0 saturated heterocycles. The van der Waals surface area contributed by atoms with Crippen LogP contribution in [0.2, 0.25) is 0 Å². The average molecular weight is 225 g/mol. The van der Waals surface area contributed by atoms with Crippen LogP contribution in [-0.4, -0.2) is 19.3 Å². The van der Waals surface area contributed by atoms with Gasteiger partial charge in [0.2, 0.25) is 0 Å². The lowest BCUT2D eigenvalue weighted by molar-refractivity contribution is 0.650. The number of halogens is 1. The predicted molar refractivity (Wildman–Crippen MR) is 58.7 cm³/mol. The smallest absolute Gasteiger partial charge is 0.0948 e. The zero-order valence-electron chi connectivity index (χ0n) is 8.60. The summed E-state index contributed by atoms with van der Waals surface area (Å²) in [7, 11) is 1.92. The summed E-state index contributed by atoms with van der Waals surface area (Å²) in [5.74, 6) is 0.502. The third kappa shape index (κ3) is 2.39. The van der Waals surface area contributed by atoms with Crippen molar-refractivity contribution in [2.24, 2.45) is 7.05 Å². The van der Waals surface area contributed by atoms with Crippen LogP contribution in [0.1, 0.15) is 11.4 Å². The van der Waals surface area contributed by atoms with E-state index in [1.54, 1.807) is 12.5 Å². The van der Waals surface area contributed by atoms with Crippen LogP contribution in [0, 0.1) is 0 Å². The van der Waals surface area contributed by atoms with Crippen molar-refractivity contribution < 1.29 is 0 Å². The Bertz CT molecular complexity index is 432. The van der Waals surface area contributed by atoms with Gasteiger partial charge in [-0.15, -0.1) is 11.6 Å². The van der Waals surface area contributed by atoms with Crippen molar-refractivity contribution in [3.05, 3.63) is 36.2 Å². The summed E-state index contributed by atoms with van der Waals surface area (Å²) in [5.41, 5.74) is 2.14. The van der Waals surface area contributed by atoms with Gasteiger partial charge in [-0.2, -0.15) is 5.10 Å². The van der Waals surface area contributed by atoms with Gasteiger partial charge in [0.25, 0.3) is 0 Å². The second-order valence-corrected chi connectivity index (χ2v) is 3.71. The molecule has 0 aliphatic heterocycles. The van der Waals surface area contributed by atoms with Gasteiger partial charge in [0.05, 0.1) is 23.6 Å². The van der Waals surface area contributed by atoms with E-state index in [1.807, 2.05) is 24.0 Å². The minimum atomic E-state index is 0.502. The fourth-order valence-electron chi connectivity index (χ4n) is 1.49. The molecule has 15 heavy (non-hydrogen) atoms. The van der Waals surface area contributed by atoms with Crippen LogP contribution in [-0.2, 0) is 25.9 Å². The Hall–Kier alpha value is -1.29. The normalized spacial score (nSPS) is 10.8. The minimum absolute atomic E-state index is 0.502. The van der Waals surface area contributed by atoms with Crippen molar-refractivity contribution in [2.45, 2.75) is 18.8 Å². The quantitative estimate of drug-likeness (QED) is 0.740. The molecule has 0 bridgehead atoms. The van der Waals surface area contributed by atoms with Gasteiger partial charge in [-0.3, -0.25) is 4.68 Å². The molecule has 2 aromatic rings. The zero-order valence-corrected chi connectivity index (χ0v) is 9.35. The highest BCUT2D eigenvalue weighted by Gasteiger charge is 2.02. The molecule has 0 N–H and O–H groups in total. The average Bonchev–Trinajstić information content (AvgIpc) is 2.83. The topological polar surface area (TPSA) is 35.6 Å². The first-order chi connectivity index (χ1) is 7.29. The van der Waals surface area contributed by atoms with E-state index >= 15 is 0 Å². The first-order valence-electron chi connectivity index (χ1n) is 4.83. The summed E-state index contributed by atoms with van der Waals surface area (Å²) in [6, 6.07) is 2.03. The number of aryl methyl sites for hydroxylation is 3. The highest BCUT2D eigenvalue weighted by atomic mass is 35.5. The lowest BCUT2D eigenvalue weighted by atomic mass is 10.3. The van der Waals surface area contributed by atoms with Gasteiger partial charge in [0, 0.05) is 32.4 Å². The first kappa shape index (κ1) is 10.2. The van der Waals surface area contributed by atoms with Gasteiger partial charge in [-0.05, 0) is 6.07 Å². The molecule has 0 radical (unpaired) electrons. The Labute approximate surface area is 93.5 Å². The van der Waals surface area contributed by atoms with Crippen molar-refractivity contribution in [2.75, 3.05) is 0 Å². The molecule has 2 rings (SSSR count). The second kappa shape index (κ2) is 4.49. The molecule has 0 spiro atoms. The van der Waals surface area contributed by atoms with Crippen LogP contribution >= 0.6 is 11.6 Å². The number of hydrogen-bond donors (Lipinski definition) is 0. The molecule has 0 aromatic carbocycles. The van der Waals surface area contributed by atoms with Gasteiger partial charge >= 0.3 is 0 Å². The van der Waals surface area contributed by atoms with Gasteiger partial charge < -0.3 is 4.57 Å². The fraction of sp³-hybridized carbons (Fsp3) is 0.400. The minimum Gasteiger partial charge on any atom is -0.333 e.